The van der Waals surface area contributed by atoms with E-state index in [-0.39, 0.29) is 17.9 Å². The molecule has 12 heteroatoms. The molecule has 0 aliphatic carbocycles. The largest absolute Gasteiger partial charge is 0.457 e. The van der Waals surface area contributed by atoms with Crippen LogP contribution in [-0.4, -0.2) is 54.6 Å². The van der Waals surface area contributed by atoms with Gasteiger partial charge in [-0.1, -0.05) is 12.1 Å². The lowest BCUT2D eigenvalue weighted by Crippen LogP contribution is -2.48. The number of nitrogens with one attached hydrogen (secondary N) is 2. The minimum Gasteiger partial charge on any atom is -0.457 e. The van der Waals surface area contributed by atoms with Crippen molar-refractivity contribution in [1.82, 2.24) is 14.8 Å². The SMILES string of the molecule is CS(=O)(=O)Nc1ccc(Oc2ccc(CN3CCC(N(Cc4cscn4)C(=O)Nc4ccc(F)cc4)CC3)cc2)cc1. The number of carbonyl (C=O) groups is 1. The molecule has 0 bridgehead atoms. The Bertz CT molecular complexity index is 1560. The molecule has 220 valence electrons. The Hall–Kier alpha value is -4.00. The molecule has 1 aromatic heterocycles. The number of rotatable bonds is 10. The molecular formula is C30H32FN5O4S2. The van der Waals surface area contributed by atoms with Gasteiger partial charge in [-0.05, 0) is 79.1 Å². The zero-order valence-electron chi connectivity index (χ0n) is 23.1. The number of aromatic nitrogens is 1. The van der Waals surface area contributed by atoms with Gasteiger partial charge in [-0.25, -0.2) is 22.6 Å². The molecule has 0 unspecified atom stereocenters. The fourth-order valence-corrected chi connectivity index (χ4v) is 5.95. The van der Waals surface area contributed by atoms with E-state index in [1.54, 1.807) is 41.9 Å². The molecule has 3 aromatic carbocycles. The van der Waals surface area contributed by atoms with Gasteiger partial charge in [0.15, 0.2) is 0 Å². The lowest BCUT2D eigenvalue weighted by Gasteiger charge is -2.38. The van der Waals surface area contributed by atoms with E-state index in [2.05, 4.69) is 19.9 Å². The van der Waals surface area contributed by atoms with E-state index in [4.69, 9.17) is 4.74 Å². The van der Waals surface area contributed by atoms with E-state index in [0.717, 1.165) is 50.0 Å². The molecule has 4 aromatic rings. The highest BCUT2D eigenvalue weighted by atomic mass is 32.2. The second kappa shape index (κ2) is 13.3. The quantitative estimate of drug-likeness (QED) is 0.224. The van der Waals surface area contributed by atoms with E-state index >= 15 is 0 Å². The zero-order valence-corrected chi connectivity index (χ0v) is 24.7. The molecule has 5 rings (SSSR count). The summed E-state index contributed by atoms with van der Waals surface area (Å²) >= 11 is 1.50. The molecule has 2 heterocycles. The topological polar surface area (TPSA) is 104 Å². The molecule has 0 atom stereocenters. The molecule has 1 aliphatic heterocycles. The van der Waals surface area contributed by atoms with Crippen molar-refractivity contribution < 1.29 is 22.3 Å². The van der Waals surface area contributed by atoms with E-state index in [9.17, 15) is 17.6 Å². The Morgan fingerprint density at radius 2 is 1.62 bits per heavy atom. The van der Waals surface area contributed by atoms with Crippen LogP contribution in [0.1, 0.15) is 24.1 Å². The highest BCUT2D eigenvalue weighted by Crippen LogP contribution is 2.26. The molecule has 0 saturated carbocycles. The van der Waals surface area contributed by atoms with Crippen LogP contribution in [0, 0.1) is 5.82 Å². The van der Waals surface area contributed by atoms with Crippen LogP contribution in [0.15, 0.2) is 83.7 Å². The monoisotopic (exact) mass is 609 g/mol. The van der Waals surface area contributed by atoms with Crippen molar-refractivity contribution in [3.05, 3.63) is 101 Å². The van der Waals surface area contributed by atoms with E-state index < -0.39 is 10.0 Å². The highest BCUT2D eigenvalue weighted by molar-refractivity contribution is 7.92. The second-order valence-corrected chi connectivity index (χ2v) is 12.7. The Morgan fingerprint density at radius 3 is 2.21 bits per heavy atom. The number of hydrogen-bond donors (Lipinski definition) is 2. The molecule has 2 amide bonds. The summed E-state index contributed by atoms with van der Waals surface area (Å²) in [5, 5.41) is 4.86. The first kappa shape index (κ1) is 29.5. The van der Waals surface area contributed by atoms with Crippen molar-refractivity contribution in [2.24, 2.45) is 0 Å². The molecule has 1 aliphatic rings. The molecule has 0 spiro atoms. The Labute approximate surface area is 249 Å². The number of ether oxygens (including phenoxy) is 1. The van der Waals surface area contributed by atoms with Crippen molar-refractivity contribution in [1.29, 1.82) is 0 Å². The molecule has 0 radical (unpaired) electrons. The van der Waals surface area contributed by atoms with Crippen molar-refractivity contribution >= 4 is 38.8 Å². The third kappa shape index (κ3) is 8.51. The first-order chi connectivity index (χ1) is 20.2. The van der Waals surface area contributed by atoms with Crippen molar-refractivity contribution in [3.63, 3.8) is 0 Å². The first-order valence-electron chi connectivity index (χ1n) is 13.5. The number of likely N-dealkylation sites (tertiary alicyclic amines) is 1. The minimum atomic E-state index is -3.33. The summed E-state index contributed by atoms with van der Waals surface area (Å²) in [7, 11) is -3.33. The number of piperidine rings is 1. The predicted octanol–water partition coefficient (Wildman–Crippen LogP) is 6.14. The van der Waals surface area contributed by atoms with E-state index in [0.29, 0.717) is 29.4 Å². The summed E-state index contributed by atoms with van der Waals surface area (Å²) in [5.74, 6) is 0.943. The maximum absolute atomic E-state index is 13.3. The number of halogens is 1. The van der Waals surface area contributed by atoms with Crippen LogP contribution < -0.4 is 14.8 Å². The highest BCUT2D eigenvalue weighted by Gasteiger charge is 2.29. The van der Waals surface area contributed by atoms with Crippen molar-refractivity contribution in [2.75, 3.05) is 29.4 Å². The summed E-state index contributed by atoms with van der Waals surface area (Å²) in [6, 6.07) is 20.2. The summed E-state index contributed by atoms with van der Waals surface area (Å²) in [6.07, 6.45) is 2.76. The van der Waals surface area contributed by atoms with Crippen LogP contribution in [0.3, 0.4) is 0 Å². The van der Waals surface area contributed by atoms with Gasteiger partial charge in [0.05, 0.1) is 24.0 Å². The molecule has 9 nitrogen and oxygen atoms in total. The van der Waals surface area contributed by atoms with Crippen LogP contribution >= 0.6 is 11.3 Å². The van der Waals surface area contributed by atoms with Gasteiger partial charge in [0, 0.05) is 42.4 Å². The normalized spacial score (nSPS) is 14.3. The van der Waals surface area contributed by atoms with Crippen LogP contribution in [0.4, 0.5) is 20.6 Å². The Kier molecular flexibility index (Phi) is 9.35. The van der Waals surface area contributed by atoms with Gasteiger partial charge in [0.2, 0.25) is 10.0 Å². The summed E-state index contributed by atoms with van der Waals surface area (Å²) in [4.78, 5) is 21.9. The lowest BCUT2D eigenvalue weighted by molar-refractivity contribution is 0.119. The third-order valence-corrected chi connectivity index (χ3v) is 8.13. The maximum Gasteiger partial charge on any atom is 0.322 e. The zero-order chi connectivity index (χ0) is 29.5. The number of benzene rings is 3. The standard InChI is InChI=1S/C30H32FN5O4S2/c1-42(38,39)34-25-8-12-29(13-9-25)40-28-10-2-22(3-11-28)18-35-16-14-27(15-17-35)36(19-26-20-41-21-32-26)30(37)33-24-6-4-23(31)5-7-24/h2-13,20-21,27,34H,14-19H2,1H3,(H,33,37). The van der Waals surface area contributed by atoms with E-state index in [1.165, 1.54) is 23.5 Å². The second-order valence-electron chi connectivity index (χ2n) is 10.2. The maximum atomic E-state index is 13.3. The third-order valence-electron chi connectivity index (χ3n) is 6.89. The van der Waals surface area contributed by atoms with Crippen molar-refractivity contribution in [3.8, 4) is 11.5 Å². The van der Waals surface area contributed by atoms with E-state index in [1.807, 2.05) is 34.5 Å². The average Bonchev–Trinajstić information content (AvgIpc) is 3.48. The number of carbonyl (C=O) groups excluding carboxylic acids is 1. The van der Waals surface area contributed by atoms with Gasteiger partial charge in [0.1, 0.15) is 17.3 Å². The average molecular weight is 610 g/mol. The number of urea groups is 1. The number of hydrogen-bond acceptors (Lipinski definition) is 7. The van der Waals surface area contributed by atoms with Gasteiger partial charge in [0.25, 0.3) is 0 Å². The minimum absolute atomic E-state index is 0.0539. The summed E-state index contributed by atoms with van der Waals surface area (Å²) < 4.78 is 44.4. The number of anilines is 2. The number of sulfonamides is 1. The van der Waals surface area contributed by atoms with Crippen LogP contribution in [-0.2, 0) is 23.1 Å². The van der Waals surface area contributed by atoms with Gasteiger partial charge in [-0.15, -0.1) is 11.3 Å². The van der Waals surface area contributed by atoms with Gasteiger partial charge in [-0.2, -0.15) is 0 Å². The van der Waals surface area contributed by atoms with Gasteiger partial charge < -0.3 is 15.0 Å². The fraction of sp³-hybridized carbons (Fsp3) is 0.267. The summed E-state index contributed by atoms with van der Waals surface area (Å²) in [6.45, 7) is 2.88. The predicted molar refractivity (Wildman–Crippen MR) is 163 cm³/mol. The number of amides is 2. The molecular weight excluding hydrogens is 577 g/mol. The molecule has 42 heavy (non-hydrogen) atoms. The van der Waals surface area contributed by atoms with Crippen LogP contribution in [0.5, 0.6) is 11.5 Å². The Morgan fingerprint density at radius 1 is 1.00 bits per heavy atom. The van der Waals surface area contributed by atoms with Crippen LogP contribution in [0.2, 0.25) is 0 Å². The van der Waals surface area contributed by atoms with Crippen LogP contribution in [0.25, 0.3) is 0 Å². The number of nitrogens with zero attached hydrogens (tertiary/aromatic N) is 3. The molecule has 1 fully saturated rings. The Balaban J connectivity index is 1.14. The van der Waals surface area contributed by atoms with Gasteiger partial charge >= 0.3 is 6.03 Å². The number of thiazole rings is 1. The van der Waals surface area contributed by atoms with Gasteiger partial charge in [-0.3, -0.25) is 9.62 Å². The summed E-state index contributed by atoms with van der Waals surface area (Å²) in [5.41, 5.74) is 4.79. The molecule has 1 saturated heterocycles. The lowest BCUT2D eigenvalue weighted by atomic mass is 10.0. The molecule has 2 N–H and O–H groups in total. The smallest absolute Gasteiger partial charge is 0.322 e. The first-order valence-corrected chi connectivity index (χ1v) is 16.3. The van der Waals surface area contributed by atoms with Crippen molar-refractivity contribution in [2.45, 2.75) is 32.0 Å². The fourth-order valence-electron chi connectivity index (χ4n) is 4.84.